The van der Waals surface area contributed by atoms with Crippen molar-refractivity contribution in [2.45, 2.75) is 50.7 Å². The van der Waals surface area contributed by atoms with Crippen LogP contribution < -0.4 is 21.6 Å². The van der Waals surface area contributed by atoms with E-state index in [-0.39, 0.29) is 19.8 Å². The van der Waals surface area contributed by atoms with E-state index in [1.165, 1.54) is 30.8 Å². The highest BCUT2D eigenvalue weighted by molar-refractivity contribution is 7.57. The Kier molecular flexibility index (Phi) is 11.0. The van der Waals surface area contributed by atoms with E-state index < -0.39 is 50.1 Å². The fraction of sp³-hybridized carbons (Fsp3) is 0.438. The van der Waals surface area contributed by atoms with Gasteiger partial charge in [0.2, 0.25) is 0 Å². The summed E-state index contributed by atoms with van der Waals surface area (Å²) in [5.41, 5.74) is -2.47. The maximum Gasteiger partial charge on any atom is 0.353 e. The van der Waals surface area contributed by atoms with Crippen LogP contribution in [0.3, 0.4) is 0 Å². The van der Waals surface area contributed by atoms with Gasteiger partial charge >= 0.3 is 13.3 Å². The SMILES string of the molecule is COCCOC1(n2cc(C)c(=O)[nH]c2=O)CO[C@H](/C=C/P(=O)(OC)OC)C1O[Si](c1ccccc1)(c1ccccc1)C(C)(C)C. The molecule has 1 aromatic heterocycles. The lowest BCUT2D eigenvalue weighted by molar-refractivity contribution is -0.162. The largest absolute Gasteiger partial charge is 0.396 e. The Morgan fingerprint density at radius 1 is 1.00 bits per heavy atom. The lowest BCUT2D eigenvalue weighted by Gasteiger charge is -2.48. The number of aryl methyl sites for hydroxylation is 1. The van der Waals surface area contributed by atoms with Gasteiger partial charge in [0.15, 0.2) is 5.72 Å². The van der Waals surface area contributed by atoms with Gasteiger partial charge in [-0.25, -0.2) is 4.79 Å². The molecule has 0 aliphatic carbocycles. The number of aromatic nitrogens is 2. The number of hydrogen-bond acceptors (Lipinski definition) is 9. The highest BCUT2D eigenvalue weighted by Crippen LogP contribution is 2.49. The summed E-state index contributed by atoms with van der Waals surface area (Å²) in [6, 6.07) is 20.0. The molecule has 3 atom stereocenters. The second kappa shape index (κ2) is 14.2. The Hall–Kier alpha value is -2.93. The average molecular weight is 659 g/mol. The summed E-state index contributed by atoms with van der Waals surface area (Å²) >= 11 is 0. The van der Waals surface area contributed by atoms with Crippen LogP contribution in [-0.2, 0) is 38.0 Å². The van der Waals surface area contributed by atoms with E-state index in [0.29, 0.717) is 5.56 Å². The zero-order valence-corrected chi connectivity index (χ0v) is 28.7. The number of H-pyrrole nitrogens is 1. The Morgan fingerprint density at radius 2 is 1.58 bits per heavy atom. The van der Waals surface area contributed by atoms with Gasteiger partial charge in [-0.3, -0.25) is 18.9 Å². The molecule has 2 unspecified atom stereocenters. The molecule has 0 spiro atoms. The summed E-state index contributed by atoms with van der Waals surface area (Å²) in [5.74, 6) is 1.32. The molecule has 0 amide bonds. The van der Waals surface area contributed by atoms with Crippen LogP contribution in [0, 0.1) is 6.92 Å². The molecule has 0 bridgehead atoms. The Bertz CT molecular complexity index is 1570. The van der Waals surface area contributed by atoms with E-state index in [1.807, 2.05) is 36.4 Å². The van der Waals surface area contributed by atoms with Crippen LogP contribution in [0.25, 0.3) is 0 Å². The minimum Gasteiger partial charge on any atom is -0.396 e. The third kappa shape index (κ3) is 6.94. The molecule has 1 N–H and O–H groups in total. The zero-order valence-electron chi connectivity index (χ0n) is 26.9. The van der Waals surface area contributed by atoms with E-state index >= 15 is 0 Å². The molecule has 45 heavy (non-hydrogen) atoms. The summed E-state index contributed by atoms with van der Waals surface area (Å²) in [7, 11) is -2.77. The molecule has 0 radical (unpaired) electrons. The maximum absolute atomic E-state index is 13.6. The van der Waals surface area contributed by atoms with Crippen LogP contribution in [0.2, 0.25) is 5.04 Å². The smallest absolute Gasteiger partial charge is 0.353 e. The first-order valence-corrected chi connectivity index (χ1v) is 18.2. The Morgan fingerprint density at radius 3 is 2.09 bits per heavy atom. The van der Waals surface area contributed by atoms with E-state index in [9.17, 15) is 14.2 Å². The predicted octanol–water partition coefficient (Wildman–Crippen LogP) is 3.50. The Balaban J connectivity index is 2.05. The normalized spacial score (nSPS) is 21.0. The van der Waals surface area contributed by atoms with E-state index in [4.69, 9.17) is 27.7 Å². The van der Waals surface area contributed by atoms with Gasteiger partial charge in [-0.05, 0) is 28.4 Å². The molecule has 1 aliphatic rings. The van der Waals surface area contributed by atoms with Crippen molar-refractivity contribution < 1.29 is 32.2 Å². The van der Waals surface area contributed by atoms with Crippen LogP contribution in [0.5, 0.6) is 0 Å². The van der Waals surface area contributed by atoms with Crippen molar-refractivity contribution in [2.24, 2.45) is 0 Å². The van der Waals surface area contributed by atoms with Gasteiger partial charge in [-0.1, -0.05) is 81.4 Å². The van der Waals surface area contributed by atoms with Gasteiger partial charge in [0.1, 0.15) is 12.2 Å². The number of nitrogens with one attached hydrogen (secondary N) is 1. The molecule has 1 fully saturated rings. The van der Waals surface area contributed by atoms with Crippen molar-refractivity contribution in [1.29, 1.82) is 0 Å². The molecule has 2 aromatic carbocycles. The van der Waals surface area contributed by atoms with Crippen LogP contribution in [0.1, 0.15) is 26.3 Å². The third-order valence-corrected chi connectivity index (χ3v) is 14.6. The quantitative estimate of drug-likeness (QED) is 0.167. The van der Waals surface area contributed by atoms with Gasteiger partial charge in [0.05, 0.1) is 19.8 Å². The molecule has 2 heterocycles. The lowest BCUT2D eigenvalue weighted by atomic mass is 10.0. The highest BCUT2D eigenvalue weighted by Gasteiger charge is 2.60. The standard InChI is InChI=1S/C32H43N2O9PSi/c1-24-22-34(30(36)33-29(24)35)32(42-20-19-38-5)23-41-27(18-21-44(37,39-6)40-7)28(32)43-45(31(2,3)4,25-14-10-8-11-15-25)26-16-12-9-13-17-26/h8-18,21-22,27-28H,19-20,23H2,1-7H3,(H,33,35,36)/b21-18+/t27-,28?,32?/m1/s1. The zero-order chi connectivity index (χ0) is 32.9. The maximum atomic E-state index is 13.6. The number of ether oxygens (including phenoxy) is 3. The van der Waals surface area contributed by atoms with Gasteiger partial charge in [-0.15, -0.1) is 0 Å². The summed E-state index contributed by atoms with van der Waals surface area (Å²) < 4.78 is 50.6. The predicted molar refractivity (Wildman–Crippen MR) is 175 cm³/mol. The first kappa shape index (κ1) is 34.9. The molecule has 4 rings (SSSR count). The fourth-order valence-corrected chi connectivity index (χ4v) is 11.3. The van der Waals surface area contributed by atoms with Crippen molar-refractivity contribution in [2.75, 3.05) is 41.2 Å². The number of benzene rings is 2. The van der Waals surface area contributed by atoms with E-state index in [0.717, 1.165) is 10.4 Å². The number of rotatable bonds is 13. The lowest BCUT2D eigenvalue weighted by Crippen LogP contribution is -2.70. The van der Waals surface area contributed by atoms with Crippen LogP contribution in [0.4, 0.5) is 0 Å². The van der Waals surface area contributed by atoms with E-state index in [1.54, 1.807) is 20.1 Å². The summed E-state index contributed by atoms with van der Waals surface area (Å²) in [4.78, 5) is 28.5. The first-order chi connectivity index (χ1) is 21.4. The highest BCUT2D eigenvalue weighted by atomic mass is 31.2. The first-order valence-electron chi connectivity index (χ1n) is 14.6. The molecule has 11 nitrogen and oxygen atoms in total. The third-order valence-electron chi connectivity index (χ3n) is 8.08. The van der Waals surface area contributed by atoms with Crippen molar-refractivity contribution in [3.05, 3.63) is 105 Å². The summed E-state index contributed by atoms with van der Waals surface area (Å²) in [6.07, 6.45) is 1.15. The van der Waals surface area contributed by atoms with Crippen molar-refractivity contribution in [3.63, 3.8) is 0 Å². The molecule has 13 heteroatoms. The monoisotopic (exact) mass is 658 g/mol. The van der Waals surface area contributed by atoms with Gasteiger partial charge in [0, 0.05) is 38.9 Å². The topological polar surface area (TPSA) is 127 Å². The van der Waals surface area contributed by atoms with Crippen molar-refractivity contribution in [3.8, 4) is 0 Å². The number of methoxy groups -OCH3 is 1. The van der Waals surface area contributed by atoms with E-state index in [2.05, 4.69) is 50.0 Å². The second-order valence-electron chi connectivity index (χ2n) is 11.9. The molecule has 1 aliphatic heterocycles. The van der Waals surface area contributed by atoms with Crippen molar-refractivity contribution in [1.82, 2.24) is 9.55 Å². The van der Waals surface area contributed by atoms with Crippen LogP contribution >= 0.6 is 7.60 Å². The van der Waals surface area contributed by atoms with Gasteiger partial charge < -0.3 is 27.7 Å². The molecular weight excluding hydrogens is 615 g/mol. The van der Waals surface area contributed by atoms with Crippen LogP contribution in [0.15, 0.2) is 88.3 Å². The summed E-state index contributed by atoms with van der Waals surface area (Å²) in [5, 5.41) is 1.53. The minimum absolute atomic E-state index is 0.0795. The average Bonchev–Trinajstić information content (AvgIpc) is 3.37. The van der Waals surface area contributed by atoms with Crippen molar-refractivity contribution >= 4 is 26.3 Å². The Labute approximate surface area is 264 Å². The number of hydrogen-bond donors (Lipinski definition) is 1. The molecule has 3 aromatic rings. The van der Waals surface area contributed by atoms with Gasteiger partial charge in [-0.2, -0.15) is 0 Å². The second-order valence-corrected chi connectivity index (χ2v) is 18.2. The minimum atomic E-state index is -3.61. The number of nitrogens with zero attached hydrogens (tertiary/aromatic N) is 1. The van der Waals surface area contributed by atoms with Gasteiger partial charge in [0.25, 0.3) is 13.9 Å². The molecule has 0 saturated carbocycles. The van der Waals surface area contributed by atoms with Crippen LogP contribution in [-0.4, -0.2) is 71.2 Å². The molecular formula is C32H43N2O9PSi. The summed E-state index contributed by atoms with van der Waals surface area (Å²) in [6.45, 7) is 8.17. The molecule has 244 valence electrons. The number of aromatic amines is 1. The molecule has 1 saturated heterocycles. The fourth-order valence-electron chi connectivity index (χ4n) is 5.78.